The number of aromatic amines is 1. The number of carbonyl (C=O) groups is 9. The summed E-state index contributed by atoms with van der Waals surface area (Å²) in [6.45, 7) is 2.84. The number of nitrogens with one attached hydrogen (secondary N) is 8. The first-order chi connectivity index (χ1) is 62.4. The van der Waals surface area contributed by atoms with Gasteiger partial charge in [0.1, 0.15) is 0 Å². The van der Waals surface area contributed by atoms with Gasteiger partial charge in [-0.05, 0) is 156 Å². The molecule has 13 N–H and O–H groups in total. The summed E-state index contributed by atoms with van der Waals surface area (Å²) in [5.41, 5.74) is 12.9. The molecule has 756 valence electrons. The van der Waals surface area contributed by atoms with Crippen LogP contribution in [0.3, 0.4) is 0 Å². The molecule has 0 aliphatic carbocycles. The van der Waals surface area contributed by atoms with E-state index >= 15 is 13.2 Å². The monoisotopic (exact) mass is 2040 g/mol. The van der Waals surface area contributed by atoms with E-state index in [1.54, 1.807) is 101 Å². The van der Waals surface area contributed by atoms with Crippen molar-refractivity contribution in [1.82, 2.24) is 72.3 Å². The first-order valence-corrected chi connectivity index (χ1v) is 56.6. The molecule has 2 heterocycles. The van der Waals surface area contributed by atoms with E-state index in [-0.39, 0.29) is 98.9 Å². The third kappa shape index (κ3) is 43.2. The Balaban J connectivity index is 1.53. The number of halogens is 1. The Morgan fingerprint density at radius 3 is 1.65 bits per heavy atom. The number of sulfonamides is 7. The lowest BCUT2D eigenvalue weighted by molar-refractivity contribution is -0.137. The molecule has 0 fully saturated rings. The maximum Gasteiger partial charge on any atom is 0.303 e. The first-order valence-electron chi connectivity index (χ1n) is 44.4. The molecule has 0 radical (unpaired) electrons. The van der Waals surface area contributed by atoms with E-state index in [9.17, 15) is 94.0 Å². The van der Waals surface area contributed by atoms with Crippen LogP contribution in [-0.4, -0.2) is 329 Å². The van der Waals surface area contributed by atoms with E-state index in [4.69, 9.17) is 23.1 Å². The van der Waals surface area contributed by atoms with Crippen LogP contribution in [0.2, 0.25) is 5.02 Å². The number of para-hydroxylation sites is 1. The molecule has 1 aliphatic heterocycles. The maximum atomic E-state index is 15.1. The highest BCUT2D eigenvalue weighted by atomic mass is 35.5. The van der Waals surface area contributed by atoms with Crippen molar-refractivity contribution < 1.29 is 107 Å². The zero-order valence-electron chi connectivity index (χ0n) is 78.2. The number of nitrogens with two attached hydrogens (primary N) is 2. The summed E-state index contributed by atoms with van der Waals surface area (Å²) in [6, 6.07) is 12.3. The van der Waals surface area contributed by atoms with Crippen LogP contribution in [0.15, 0.2) is 102 Å². The van der Waals surface area contributed by atoms with Crippen LogP contribution in [0.5, 0.6) is 0 Å². The number of allylic oxidation sites excluding steroid dienone is 2. The molecule has 0 saturated heterocycles. The molecule has 1 aliphatic rings. The molecule has 41 nitrogen and oxygen atoms in total. The number of primary amides is 1. The number of unbranched alkanes of at least 4 members (excludes halogenated alkanes) is 1. The summed E-state index contributed by atoms with van der Waals surface area (Å²) in [6.07, 6.45) is 7.82. The van der Waals surface area contributed by atoms with Crippen molar-refractivity contribution in [2.75, 3.05) is 134 Å². The number of carboxylic acid groups (broad SMARTS) is 1. The summed E-state index contributed by atoms with van der Waals surface area (Å²) in [5.74, 6) is -11.3. The Labute approximate surface area is 795 Å². The molecular formula is C85H138ClN17O24S7. The first kappa shape index (κ1) is 116. The number of hydrogen-bond donors (Lipinski definition) is 11. The average Bonchev–Trinajstić information content (AvgIpc) is 1.01. The van der Waals surface area contributed by atoms with Crippen molar-refractivity contribution in [2.24, 2.45) is 29.2 Å². The second-order valence-corrected chi connectivity index (χ2v) is 50.0. The van der Waals surface area contributed by atoms with Gasteiger partial charge in [0, 0.05) is 124 Å². The fourth-order valence-corrected chi connectivity index (χ4v) is 24.3. The van der Waals surface area contributed by atoms with Gasteiger partial charge >= 0.3 is 5.97 Å². The molecule has 7 atom stereocenters. The molecule has 0 spiro atoms. The number of aromatic nitrogens is 1. The summed E-state index contributed by atoms with van der Waals surface area (Å²) < 4.78 is 204. The van der Waals surface area contributed by atoms with E-state index in [2.05, 4.69) is 42.2 Å². The maximum absolute atomic E-state index is 15.1. The van der Waals surface area contributed by atoms with Gasteiger partial charge in [0.05, 0.1) is 86.7 Å². The minimum Gasteiger partial charge on any atom is -0.481 e. The fraction of sp³-hybridized carbons (Fsp3) is 0.635. The molecule has 0 bridgehead atoms. The van der Waals surface area contributed by atoms with E-state index in [1.807, 2.05) is 13.8 Å². The van der Waals surface area contributed by atoms with Crippen LogP contribution in [0.25, 0.3) is 10.9 Å². The Hall–Kier alpha value is -8.21. The van der Waals surface area contributed by atoms with Crippen molar-refractivity contribution >= 4 is 146 Å². The molecule has 1 aromatic heterocycles. The number of carbonyl (C=O) groups excluding carboxylic acids is 8. The van der Waals surface area contributed by atoms with Gasteiger partial charge in [0.15, 0.2) is 0 Å². The number of hydrogen-bond acceptors (Lipinski definition) is 24. The number of nitrogens with zero attached hydrogens (tertiary/aromatic N) is 7. The van der Waals surface area contributed by atoms with Crippen molar-refractivity contribution in [1.29, 1.82) is 0 Å². The zero-order chi connectivity index (χ0) is 100. The summed E-state index contributed by atoms with van der Waals surface area (Å²) >= 11 is 6.14. The summed E-state index contributed by atoms with van der Waals surface area (Å²) in [7, 11) is -31.1. The summed E-state index contributed by atoms with van der Waals surface area (Å²) in [5, 5.41) is 30.0. The number of H-pyrrole nitrogens is 1. The molecule has 3 aromatic carbocycles. The minimum absolute atomic E-state index is 0.00196. The molecular weight excluding hydrogens is 1900 g/mol. The van der Waals surface area contributed by atoms with E-state index < -0.39 is 293 Å². The van der Waals surface area contributed by atoms with Crippen LogP contribution in [-0.2, 0) is 126 Å². The zero-order valence-corrected chi connectivity index (χ0v) is 84.7. The van der Waals surface area contributed by atoms with Crippen LogP contribution in [0.4, 0.5) is 0 Å². The topological polar surface area (TPSA) is 588 Å². The predicted octanol–water partition coefficient (Wildman–Crippen LogP) is 1.55. The summed E-state index contributed by atoms with van der Waals surface area (Å²) in [4.78, 5) is 127. The Bertz CT molecular complexity index is 5430. The van der Waals surface area contributed by atoms with Crippen molar-refractivity contribution in [3.8, 4) is 0 Å². The fourth-order valence-electron chi connectivity index (χ4n) is 15.4. The predicted molar refractivity (Wildman–Crippen MR) is 512 cm³/mol. The lowest BCUT2D eigenvalue weighted by Gasteiger charge is -2.31. The number of benzene rings is 3. The van der Waals surface area contributed by atoms with Gasteiger partial charge in [-0.25, -0.2) is 58.9 Å². The largest absolute Gasteiger partial charge is 0.481 e. The second kappa shape index (κ2) is 54.8. The van der Waals surface area contributed by atoms with Crippen molar-refractivity contribution in [3.63, 3.8) is 0 Å². The number of amides is 8. The van der Waals surface area contributed by atoms with Gasteiger partial charge in [0.2, 0.25) is 117 Å². The lowest BCUT2D eigenvalue weighted by atomic mass is 10.0. The Morgan fingerprint density at radius 1 is 0.575 bits per heavy atom. The molecule has 134 heavy (non-hydrogen) atoms. The van der Waals surface area contributed by atoms with Crippen LogP contribution < -0.4 is 48.7 Å². The number of aliphatic carboxylic acids is 1. The Morgan fingerprint density at radius 2 is 1.09 bits per heavy atom. The van der Waals surface area contributed by atoms with Gasteiger partial charge in [-0.15, -0.1) is 0 Å². The SMILES string of the molecule is CC(=O)N[C@@H](CC(C)C)CN(CC(=O)N[C@@H](Cc1ccccc1)CN(CC(=O)N[C@@H](CCC(=O)O)CN1CC(=O)N[C@@H](Cc2c[nH]c3ccccc23)CN(S(C)(=O)=O)CC(=O)N[C@@H](CCCCN)CN(CC(=O)N[C@@H](CC(C)C)CN(CC(=O)N[C@@H](C)CN(CC(N)=O)S(C)(=O)=O)S(=O)(=O)CC(C)C)S(=O)(=O)CCCC/C=C/CCCCS1(=O)=O)S(C)(=O)=O)S(=O)(=O)c1ccc(Cl)cc1. The molecule has 8 amide bonds. The van der Waals surface area contributed by atoms with E-state index in [1.165, 1.54) is 38.1 Å². The van der Waals surface area contributed by atoms with Gasteiger partial charge in [0.25, 0.3) is 0 Å². The second-order valence-electron chi connectivity index (χ2n) is 35.4. The molecule has 49 heteroatoms. The lowest BCUT2D eigenvalue weighted by Crippen LogP contribution is -2.55. The average molecular weight is 2040 g/mol. The van der Waals surface area contributed by atoms with E-state index in [0.29, 0.717) is 43.5 Å². The third-order valence-corrected chi connectivity index (χ3v) is 33.0. The van der Waals surface area contributed by atoms with Gasteiger partial charge in [-0.1, -0.05) is 120 Å². The van der Waals surface area contributed by atoms with Gasteiger partial charge in [-0.3, -0.25) is 43.2 Å². The van der Waals surface area contributed by atoms with E-state index in [0.717, 1.165) is 40.3 Å². The van der Waals surface area contributed by atoms with Crippen LogP contribution in [0.1, 0.15) is 150 Å². The highest BCUT2D eigenvalue weighted by Gasteiger charge is 2.39. The van der Waals surface area contributed by atoms with Crippen LogP contribution in [0, 0.1) is 17.8 Å². The quantitative estimate of drug-likeness (QED) is 0.0221. The van der Waals surface area contributed by atoms with Crippen molar-refractivity contribution in [3.05, 3.63) is 113 Å². The van der Waals surface area contributed by atoms with Crippen LogP contribution >= 0.6 is 11.6 Å². The smallest absolute Gasteiger partial charge is 0.303 e. The normalized spacial score (nSPS) is 18.4. The highest BCUT2D eigenvalue weighted by Crippen LogP contribution is 2.25. The molecule has 0 unspecified atom stereocenters. The molecule has 0 saturated carbocycles. The van der Waals surface area contributed by atoms with Gasteiger partial charge in [-0.2, -0.15) is 30.1 Å². The standard InChI is InChI=1S/C85H138ClN17O24S7/c1-61(2)41-71(91-65(8)104)52-103(134(126,127)75-35-32-68(86)33-36-75)59-84(111)95-73(43-66-27-19-18-20-28-66)49-98(129(10,116)117)55-81(108)93-70(34-37-85(112)113)48-101-58-83(110)96-74(44-67-45-89-77-31-22-21-30-76(67)77)50-99(130(11,118)119)54-80(107)92-69(29-23-24-38-87)47-100(131(120,121)39-25-16-14-12-13-15-17-26-40-132(101,122)123)57-82(109)94-72(42-62(3)4)51-102(133(124,125)60-63(5)6)56-79(106)90-64(7)46-97(53-78(88)105)128(9,114)115/h12-13,18-22,27-28,30-33,35-36,45,61-64,69-74,89H,14-17,23-26,29,34,37-44,46-60,87H2,1-11H3,(H2,88,105)(H,90,106)(H,91,104)(H,92,107)(H,93,108)(H,94,109)(H,95,111)(H,96,110)(H,112,113)/b13-12+/t64-,69-,70-,71-,72-,73-,74-/m0/s1. The Kier molecular flexibility index (Phi) is 47.6. The number of fused-ring (bicyclic) bond motifs is 1. The van der Waals surface area contributed by atoms with Gasteiger partial charge < -0.3 is 58.8 Å². The number of carboxylic acids is 1. The third-order valence-electron chi connectivity index (χ3n) is 21.4. The minimum atomic E-state index is -4.69. The molecule has 5 rings (SSSR count). The highest BCUT2D eigenvalue weighted by molar-refractivity contribution is 7.90. The van der Waals surface area contributed by atoms with Crippen molar-refractivity contribution in [2.45, 2.75) is 199 Å². The number of rotatable bonds is 48. The molecule has 4 aromatic rings.